The van der Waals surface area contributed by atoms with Crippen molar-refractivity contribution in [1.82, 2.24) is 10.3 Å². The normalized spacial score (nSPS) is 22.1. The third kappa shape index (κ3) is 1.84. The monoisotopic (exact) mass is 242 g/mol. The third-order valence-electron chi connectivity index (χ3n) is 2.33. The van der Waals surface area contributed by atoms with Crippen LogP contribution < -0.4 is 10.9 Å². The van der Waals surface area contributed by atoms with Gasteiger partial charge in [0.15, 0.2) is 0 Å². The standard InChI is InChI=1S/C9H11BrN2O/c10-6-4-7(9(13)12-5-6)8-2-1-3-11-8/h4-5,8,11H,1-3H2,(H,12,13)/t8-/m1/s1. The van der Waals surface area contributed by atoms with Crippen LogP contribution in [-0.4, -0.2) is 11.5 Å². The number of rotatable bonds is 1. The molecule has 0 saturated carbocycles. The Morgan fingerprint density at radius 2 is 2.38 bits per heavy atom. The van der Waals surface area contributed by atoms with Gasteiger partial charge in [0.1, 0.15) is 0 Å². The summed E-state index contributed by atoms with van der Waals surface area (Å²) in [5, 5.41) is 3.30. The summed E-state index contributed by atoms with van der Waals surface area (Å²) in [5.41, 5.74) is 0.856. The van der Waals surface area contributed by atoms with Gasteiger partial charge in [-0.05, 0) is 41.4 Å². The molecular formula is C9H11BrN2O. The molecule has 70 valence electrons. The van der Waals surface area contributed by atoms with Gasteiger partial charge in [-0.3, -0.25) is 4.79 Å². The van der Waals surface area contributed by atoms with Crippen LogP contribution in [0.1, 0.15) is 24.4 Å². The first kappa shape index (κ1) is 8.97. The highest BCUT2D eigenvalue weighted by Crippen LogP contribution is 2.21. The molecule has 3 nitrogen and oxygen atoms in total. The van der Waals surface area contributed by atoms with E-state index in [4.69, 9.17) is 0 Å². The number of H-pyrrole nitrogens is 1. The molecule has 1 atom stereocenters. The van der Waals surface area contributed by atoms with Gasteiger partial charge < -0.3 is 10.3 Å². The van der Waals surface area contributed by atoms with Crippen LogP contribution in [0, 0.1) is 0 Å². The summed E-state index contributed by atoms with van der Waals surface area (Å²) < 4.78 is 0.927. The number of halogens is 1. The predicted octanol–water partition coefficient (Wildman–Crippen LogP) is 1.56. The van der Waals surface area contributed by atoms with Gasteiger partial charge in [0, 0.05) is 22.3 Å². The zero-order valence-electron chi connectivity index (χ0n) is 7.14. The number of aromatic amines is 1. The smallest absolute Gasteiger partial charge is 0.252 e. The fraction of sp³-hybridized carbons (Fsp3) is 0.444. The van der Waals surface area contributed by atoms with Crippen LogP contribution in [0.15, 0.2) is 21.5 Å². The molecule has 2 rings (SSSR count). The molecule has 0 aliphatic carbocycles. The summed E-state index contributed by atoms with van der Waals surface area (Å²) in [6.45, 7) is 1.01. The Hall–Kier alpha value is -0.610. The van der Waals surface area contributed by atoms with Crippen molar-refractivity contribution in [3.63, 3.8) is 0 Å². The second kappa shape index (κ2) is 3.64. The van der Waals surface area contributed by atoms with Crippen LogP contribution in [0.3, 0.4) is 0 Å². The highest BCUT2D eigenvalue weighted by molar-refractivity contribution is 9.10. The summed E-state index contributed by atoms with van der Waals surface area (Å²) in [5.74, 6) is 0. The lowest BCUT2D eigenvalue weighted by Crippen LogP contribution is -2.22. The van der Waals surface area contributed by atoms with E-state index in [2.05, 4.69) is 26.2 Å². The minimum Gasteiger partial charge on any atom is -0.328 e. The van der Waals surface area contributed by atoms with Crippen molar-refractivity contribution in [1.29, 1.82) is 0 Å². The maximum Gasteiger partial charge on any atom is 0.252 e. The SMILES string of the molecule is O=c1[nH]cc(Br)cc1[C@H]1CCCN1. The lowest BCUT2D eigenvalue weighted by Gasteiger charge is -2.08. The molecule has 1 saturated heterocycles. The van der Waals surface area contributed by atoms with E-state index >= 15 is 0 Å². The molecule has 0 bridgehead atoms. The maximum atomic E-state index is 11.4. The first-order chi connectivity index (χ1) is 6.27. The van der Waals surface area contributed by atoms with Crippen LogP contribution in [0.2, 0.25) is 0 Å². The van der Waals surface area contributed by atoms with Gasteiger partial charge in [-0.2, -0.15) is 0 Å². The zero-order chi connectivity index (χ0) is 9.26. The zero-order valence-corrected chi connectivity index (χ0v) is 8.73. The first-order valence-electron chi connectivity index (χ1n) is 4.39. The fourth-order valence-corrected chi connectivity index (χ4v) is 2.04. The van der Waals surface area contributed by atoms with Gasteiger partial charge in [-0.25, -0.2) is 0 Å². The van der Waals surface area contributed by atoms with Crippen LogP contribution in [-0.2, 0) is 0 Å². The van der Waals surface area contributed by atoms with Crippen LogP contribution in [0.4, 0.5) is 0 Å². The number of nitrogens with one attached hydrogen (secondary N) is 2. The Morgan fingerprint density at radius 3 is 3.08 bits per heavy atom. The van der Waals surface area contributed by atoms with Crippen molar-refractivity contribution < 1.29 is 0 Å². The van der Waals surface area contributed by atoms with Gasteiger partial charge in [-0.1, -0.05) is 0 Å². The molecule has 0 amide bonds. The van der Waals surface area contributed by atoms with Gasteiger partial charge in [-0.15, -0.1) is 0 Å². The molecule has 1 aliphatic heterocycles. The van der Waals surface area contributed by atoms with E-state index in [1.54, 1.807) is 6.20 Å². The molecule has 0 aromatic carbocycles. The highest BCUT2D eigenvalue weighted by Gasteiger charge is 2.18. The van der Waals surface area contributed by atoms with E-state index in [0.29, 0.717) is 0 Å². The van der Waals surface area contributed by atoms with Gasteiger partial charge in [0.2, 0.25) is 0 Å². The molecule has 1 fully saturated rings. The van der Waals surface area contributed by atoms with E-state index in [9.17, 15) is 4.79 Å². The topological polar surface area (TPSA) is 44.9 Å². The van der Waals surface area contributed by atoms with Crippen molar-refractivity contribution in [2.24, 2.45) is 0 Å². The van der Waals surface area contributed by atoms with E-state index in [-0.39, 0.29) is 11.6 Å². The number of pyridine rings is 1. The molecule has 2 heterocycles. The molecule has 4 heteroatoms. The van der Waals surface area contributed by atoms with Gasteiger partial charge in [0.05, 0.1) is 0 Å². The second-order valence-electron chi connectivity index (χ2n) is 3.25. The van der Waals surface area contributed by atoms with Crippen molar-refractivity contribution in [3.05, 3.63) is 32.7 Å². The van der Waals surface area contributed by atoms with E-state index < -0.39 is 0 Å². The number of hydrogen-bond acceptors (Lipinski definition) is 2. The van der Waals surface area contributed by atoms with E-state index in [1.807, 2.05) is 6.07 Å². The fourth-order valence-electron chi connectivity index (χ4n) is 1.68. The maximum absolute atomic E-state index is 11.4. The Bertz CT molecular complexity index is 355. The Morgan fingerprint density at radius 1 is 1.54 bits per heavy atom. The molecule has 0 radical (unpaired) electrons. The highest BCUT2D eigenvalue weighted by atomic mass is 79.9. The third-order valence-corrected chi connectivity index (χ3v) is 2.79. The van der Waals surface area contributed by atoms with E-state index in [1.165, 1.54) is 0 Å². The molecular weight excluding hydrogens is 232 g/mol. The first-order valence-corrected chi connectivity index (χ1v) is 5.18. The molecule has 1 aliphatic rings. The molecule has 0 unspecified atom stereocenters. The van der Waals surface area contributed by atoms with Crippen molar-refractivity contribution in [2.45, 2.75) is 18.9 Å². The molecule has 13 heavy (non-hydrogen) atoms. The minimum atomic E-state index is 0.0163. The lowest BCUT2D eigenvalue weighted by molar-refractivity contribution is 0.639. The van der Waals surface area contributed by atoms with Crippen LogP contribution >= 0.6 is 15.9 Å². The average molecular weight is 243 g/mol. The van der Waals surface area contributed by atoms with Crippen molar-refractivity contribution >= 4 is 15.9 Å². The van der Waals surface area contributed by atoms with Crippen LogP contribution in [0.25, 0.3) is 0 Å². The molecule has 2 N–H and O–H groups in total. The average Bonchev–Trinajstić information content (AvgIpc) is 2.61. The molecule has 1 aromatic rings. The van der Waals surface area contributed by atoms with Crippen molar-refractivity contribution in [2.75, 3.05) is 6.54 Å². The van der Waals surface area contributed by atoms with Gasteiger partial charge >= 0.3 is 0 Å². The largest absolute Gasteiger partial charge is 0.328 e. The minimum absolute atomic E-state index is 0.0163. The molecule has 1 aromatic heterocycles. The number of aromatic nitrogens is 1. The summed E-state index contributed by atoms with van der Waals surface area (Å²) in [6, 6.07) is 2.13. The second-order valence-corrected chi connectivity index (χ2v) is 4.17. The van der Waals surface area contributed by atoms with Gasteiger partial charge in [0.25, 0.3) is 5.56 Å². The summed E-state index contributed by atoms with van der Waals surface area (Å²) in [4.78, 5) is 14.1. The Labute approximate surface area is 84.7 Å². The summed E-state index contributed by atoms with van der Waals surface area (Å²) in [6.07, 6.45) is 3.87. The van der Waals surface area contributed by atoms with E-state index in [0.717, 1.165) is 29.4 Å². The molecule has 0 spiro atoms. The number of hydrogen-bond donors (Lipinski definition) is 2. The predicted molar refractivity (Wildman–Crippen MR) is 54.7 cm³/mol. The summed E-state index contributed by atoms with van der Waals surface area (Å²) in [7, 11) is 0. The van der Waals surface area contributed by atoms with Crippen LogP contribution in [0.5, 0.6) is 0 Å². The quantitative estimate of drug-likeness (QED) is 0.786. The summed E-state index contributed by atoms with van der Waals surface area (Å²) >= 11 is 3.35. The Kier molecular flexibility index (Phi) is 2.51. The Balaban J connectivity index is 2.37. The lowest BCUT2D eigenvalue weighted by atomic mass is 10.1. The van der Waals surface area contributed by atoms with Crippen molar-refractivity contribution in [3.8, 4) is 0 Å².